The molecule has 20 heavy (non-hydrogen) atoms. The molecule has 4 nitrogen and oxygen atoms in total. The Bertz CT molecular complexity index is 380. The van der Waals surface area contributed by atoms with Crippen molar-refractivity contribution in [3.8, 4) is 11.5 Å². The van der Waals surface area contributed by atoms with Gasteiger partial charge in [0, 0.05) is 12.8 Å². The summed E-state index contributed by atoms with van der Waals surface area (Å²) >= 11 is 0. The van der Waals surface area contributed by atoms with Gasteiger partial charge in [-0.2, -0.15) is 0 Å². The van der Waals surface area contributed by atoms with E-state index in [1.54, 1.807) is 0 Å². The molecule has 1 aromatic rings. The average Bonchev–Trinajstić information content (AvgIpc) is 2.47. The Balaban J connectivity index is 1.90. The Labute approximate surface area is 120 Å². The van der Waals surface area contributed by atoms with Crippen molar-refractivity contribution in [2.24, 2.45) is 0 Å². The van der Waals surface area contributed by atoms with Crippen LogP contribution < -0.4 is 9.47 Å². The lowest BCUT2D eigenvalue weighted by atomic mass is 10.3. The van der Waals surface area contributed by atoms with Crippen LogP contribution in [-0.4, -0.2) is 39.6 Å². The first-order chi connectivity index (χ1) is 9.86. The van der Waals surface area contributed by atoms with Gasteiger partial charge in [-0.1, -0.05) is 18.7 Å². The van der Waals surface area contributed by atoms with Crippen LogP contribution in [0.5, 0.6) is 11.5 Å². The molecule has 0 bridgehead atoms. The van der Waals surface area contributed by atoms with Gasteiger partial charge in [0.2, 0.25) is 0 Å². The number of rotatable bonds is 0. The maximum atomic E-state index is 5.73. The Morgan fingerprint density at radius 3 is 1.75 bits per heavy atom. The highest BCUT2D eigenvalue weighted by molar-refractivity contribution is 5.39. The molecular weight excluding hydrogens is 256 g/mol. The van der Waals surface area contributed by atoms with E-state index < -0.39 is 0 Å². The number of benzene rings is 1. The van der Waals surface area contributed by atoms with Crippen LogP contribution in [0, 0.1) is 0 Å². The molecule has 0 radical (unpaired) electrons. The van der Waals surface area contributed by atoms with Crippen molar-refractivity contribution in [2.45, 2.75) is 12.8 Å². The predicted octanol–water partition coefficient (Wildman–Crippen LogP) is 2.83. The van der Waals surface area contributed by atoms with Crippen molar-refractivity contribution in [1.29, 1.82) is 0 Å². The topological polar surface area (TPSA) is 36.9 Å². The first-order valence-electron chi connectivity index (χ1n) is 7.03. The third-order valence-electron chi connectivity index (χ3n) is 2.84. The monoisotopic (exact) mass is 278 g/mol. The maximum absolute atomic E-state index is 5.73. The van der Waals surface area contributed by atoms with Crippen LogP contribution in [-0.2, 0) is 9.47 Å². The highest BCUT2D eigenvalue weighted by Crippen LogP contribution is 2.26. The van der Waals surface area contributed by atoms with E-state index in [2.05, 4.69) is 6.58 Å². The van der Waals surface area contributed by atoms with E-state index in [1.165, 1.54) is 0 Å². The summed E-state index contributed by atoms with van der Waals surface area (Å²) in [7, 11) is 0. The van der Waals surface area contributed by atoms with Crippen LogP contribution in [0.4, 0.5) is 0 Å². The van der Waals surface area contributed by atoms with Gasteiger partial charge in [-0.05, 0) is 17.7 Å². The lowest BCUT2D eigenvalue weighted by molar-refractivity contribution is 0.108. The second-order valence-corrected chi connectivity index (χ2v) is 4.71. The zero-order valence-electron chi connectivity index (χ0n) is 11.8. The Hall–Kier alpha value is -1.52. The minimum absolute atomic E-state index is 0.549. The summed E-state index contributed by atoms with van der Waals surface area (Å²) in [5.74, 6) is 1.57. The van der Waals surface area contributed by atoms with Gasteiger partial charge in [0.25, 0.3) is 0 Å². The highest BCUT2D eigenvalue weighted by atomic mass is 16.5. The maximum Gasteiger partial charge on any atom is 0.161 e. The van der Waals surface area contributed by atoms with Crippen molar-refractivity contribution >= 4 is 0 Å². The van der Waals surface area contributed by atoms with Gasteiger partial charge >= 0.3 is 0 Å². The van der Waals surface area contributed by atoms with E-state index in [0.29, 0.717) is 39.6 Å². The molecule has 0 saturated heterocycles. The Morgan fingerprint density at radius 2 is 1.25 bits per heavy atom. The third-order valence-corrected chi connectivity index (χ3v) is 2.84. The van der Waals surface area contributed by atoms with E-state index in [-0.39, 0.29) is 0 Å². The van der Waals surface area contributed by atoms with Crippen LogP contribution in [0.3, 0.4) is 0 Å². The van der Waals surface area contributed by atoms with Crippen molar-refractivity contribution in [3.05, 3.63) is 36.4 Å². The molecule has 0 spiro atoms. The predicted molar refractivity (Wildman–Crippen MR) is 77.4 cm³/mol. The standard InChI is InChI=1S/C16H22O4/c1-14-12-17-8-4-10-19-15-6-2-3-7-16(15)20-11-5-9-18-13-14/h2-3,6-7H,1,4-5,8-13H2. The van der Waals surface area contributed by atoms with Crippen molar-refractivity contribution in [3.63, 3.8) is 0 Å². The zero-order chi connectivity index (χ0) is 14.0. The normalized spacial score (nSPS) is 18.9. The van der Waals surface area contributed by atoms with Crippen LogP contribution in [0.1, 0.15) is 12.8 Å². The molecule has 1 heterocycles. The molecule has 1 aliphatic heterocycles. The van der Waals surface area contributed by atoms with Gasteiger partial charge < -0.3 is 18.9 Å². The molecule has 0 N–H and O–H groups in total. The summed E-state index contributed by atoms with van der Waals surface area (Å²) in [5.41, 5.74) is 0.963. The average molecular weight is 278 g/mol. The van der Waals surface area contributed by atoms with Crippen LogP contribution >= 0.6 is 0 Å². The molecule has 0 fully saturated rings. The molecule has 110 valence electrons. The quantitative estimate of drug-likeness (QED) is 0.684. The third kappa shape index (κ3) is 5.23. The zero-order valence-corrected chi connectivity index (χ0v) is 11.8. The molecule has 0 amide bonds. The van der Waals surface area contributed by atoms with Gasteiger partial charge in [-0.3, -0.25) is 0 Å². The molecule has 4 heteroatoms. The summed E-state index contributed by atoms with van der Waals surface area (Å²) in [6.45, 7) is 7.56. The largest absolute Gasteiger partial charge is 0.490 e. The van der Waals surface area contributed by atoms with Crippen molar-refractivity contribution < 1.29 is 18.9 Å². The molecule has 2 rings (SSSR count). The SMILES string of the molecule is C=C1COCCCOc2ccccc2OCCCOC1. The Kier molecular flexibility index (Phi) is 6.41. The van der Waals surface area contributed by atoms with Gasteiger partial charge in [-0.15, -0.1) is 0 Å². The summed E-state index contributed by atoms with van der Waals surface area (Å²) in [4.78, 5) is 0. The number of hydrogen-bond donors (Lipinski definition) is 0. The van der Waals surface area contributed by atoms with Crippen molar-refractivity contribution in [2.75, 3.05) is 39.6 Å². The van der Waals surface area contributed by atoms with E-state index in [4.69, 9.17) is 18.9 Å². The molecule has 1 aromatic carbocycles. The van der Waals surface area contributed by atoms with E-state index in [9.17, 15) is 0 Å². The number of fused-ring (bicyclic) bond motifs is 1. The lowest BCUT2D eigenvalue weighted by Crippen LogP contribution is -2.08. The van der Waals surface area contributed by atoms with Gasteiger partial charge in [0.15, 0.2) is 11.5 Å². The first-order valence-corrected chi connectivity index (χ1v) is 7.03. The van der Waals surface area contributed by atoms with E-state index >= 15 is 0 Å². The molecular formula is C16H22O4. The second-order valence-electron chi connectivity index (χ2n) is 4.71. The van der Waals surface area contributed by atoms with Gasteiger partial charge in [0.1, 0.15) is 0 Å². The fourth-order valence-corrected chi connectivity index (χ4v) is 1.85. The second kappa shape index (κ2) is 8.61. The van der Waals surface area contributed by atoms with Crippen LogP contribution in [0.2, 0.25) is 0 Å². The molecule has 1 aliphatic rings. The molecule has 0 saturated carbocycles. The van der Waals surface area contributed by atoms with Gasteiger partial charge in [-0.25, -0.2) is 0 Å². The van der Waals surface area contributed by atoms with E-state index in [1.807, 2.05) is 24.3 Å². The van der Waals surface area contributed by atoms with Gasteiger partial charge in [0.05, 0.1) is 39.6 Å². The summed E-state index contributed by atoms with van der Waals surface area (Å²) in [6, 6.07) is 7.74. The highest BCUT2D eigenvalue weighted by Gasteiger charge is 2.05. The lowest BCUT2D eigenvalue weighted by Gasteiger charge is -2.12. The Morgan fingerprint density at radius 1 is 0.750 bits per heavy atom. The fourth-order valence-electron chi connectivity index (χ4n) is 1.85. The fraction of sp³-hybridized carbons (Fsp3) is 0.500. The number of ether oxygens (including phenoxy) is 4. The molecule has 0 atom stereocenters. The summed E-state index contributed by atoms with van der Waals surface area (Å²) < 4.78 is 22.5. The smallest absolute Gasteiger partial charge is 0.161 e. The van der Waals surface area contributed by atoms with Crippen LogP contribution in [0.25, 0.3) is 0 Å². The molecule has 0 aromatic heterocycles. The molecule has 0 aliphatic carbocycles. The van der Waals surface area contributed by atoms with Crippen LogP contribution in [0.15, 0.2) is 36.4 Å². The molecule has 0 unspecified atom stereocenters. The number of hydrogen-bond acceptors (Lipinski definition) is 4. The summed E-state index contributed by atoms with van der Waals surface area (Å²) in [6.07, 6.45) is 1.67. The van der Waals surface area contributed by atoms with Crippen molar-refractivity contribution in [1.82, 2.24) is 0 Å². The number of para-hydroxylation sites is 2. The minimum atomic E-state index is 0.549. The van der Waals surface area contributed by atoms with E-state index in [0.717, 1.165) is 29.9 Å². The minimum Gasteiger partial charge on any atom is -0.490 e. The summed E-state index contributed by atoms with van der Waals surface area (Å²) in [5, 5.41) is 0. The first kappa shape index (κ1) is 14.9.